The average Bonchev–Trinajstić information content (AvgIpc) is 1.99. The maximum atomic E-state index is 11.7. The van der Waals surface area contributed by atoms with Gasteiger partial charge in [0, 0.05) is 19.6 Å². The highest BCUT2D eigenvalue weighted by Gasteiger charge is 2.21. The first kappa shape index (κ1) is 14.2. The van der Waals surface area contributed by atoms with Gasteiger partial charge in [-0.1, -0.05) is 13.8 Å². The molecule has 0 fully saturated rings. The highest BCUT2D eigenvalue weighted by Crippen LogP contribution is 2.10. The molecule has 0 radical (unpaired) electrons. The van der Waals surface area contributed by atoms with Crippen LogP contribution in [0.5, 0.6) is 0 Å². The topological polar surface area (TPSA) is 55.6 Å². The molecule has 4 nitrogen and oxygen atoms in total. The van der Waals surface area contributed by atoms with Gasteiger partial charge in [0.1, 0.15) is 5.60 Å². The molecule has 90 valence electrons. The van der Waals surface area contributed by atoms with Crippen LogP contribution in [0, 0.1) is 5.92 Å². The maximum Gasteiger partial charge on any atom is 0.410 e. The molecule has 0 aromatic carbocycles. The summed E-state index contributed by atoms with van der Waals surface area (Å²) >= 11 is 0. The van der Waals surface area contributed by atoms with E-state index >= 15 is 0 Å². The molecule has 0 aromatic rings. The lowest BCUT2D eigenvalue weighted by atomic mass is 10.2. The monoisotopic (exact) mass is 216 g/mol. The zero-order chi connectivity index (χ0) is 12.1. The van der Waals surface area contributed by atoms with Gasteiger partial charge in [-0.2, -0.15) is 0 Å². The summed E-state index contributed by atoms with van der Waals surface area (Å²) in [4.78, 5) is 13.4. The summed E-state index contributed by atoms with van der Waals surface area (Å²) < 4.78 is 5.28. The van der Waals surface area contributed by atoms with Crippen molar-refractivity contribution in [1.29, 1.82) is 0 Å². The zero-order valence-electron chi connectivity index (χ0n) is 10.5. The largest absolute Gasteiger partial charge is 0.444 e. The summed E-state index contributed by atoms with van der Waals surface area (Å²) in [5, 5.41) is 0. The Morgan fingerprint density at radius 1 is 1.40 bits per heavy atom. The molecule has 0 rings (SSSR count). The summed E-state index contributed by atoms with van der Waals surface area (Å²) in [5.41, 5.74) is 5.01. The second kappa shape index (κ2) is 5.95. The van der Waals surface area contributed by atoms with E-state index in [0.29, 0.717) is 25.6 Å². The van der Waals surface area contributed by atoms with E-state index in [2.05, 4.69) is 13.8 Å². The number of nitrogens with two attached hydrogens (primary N) is 1. The molecule has 2 N–H and O–H groups in total. The van der Waals surface area contributed by atoms with Crippen molar-refractivity contribution in [3.05, 3.63) is 0 Å². The van der Waals surface area contributed by atoms with Crippen LogP contribution in [0.25, 0.3) is 0 Å². The lowest BCUT2D eigenvalue weighted by Gasteiger charge is -2.28. The van der Waals surface area contributed by atoms with E-state index in [1.807, 2.05) is 20.8 Å². The van der Waals surface area contributed by atoms with Crippen molar-refractivity contribution in [2.45, 2.75) is 40.2 Å². The van der Waals surface area contributed by atoms with Gasteiger partial charge in [-0.3, -0.25) is 0 Å². The fraction of sp³-hybridized carbons (Fsp3) is 0.909. The summed E-state index contributed by atoms with van der Waals surface area (Å²) in [6, 6.07) is 0. The summed E-state index contributed by atoms with van der Waals surface area (Å²) in [5.74, 6) is 0.420. The van der Waals surface area contributed by atoms with Crippen LogP contribution >= 0.6 is 0 Å². The van der Waals surface area contributed by atoms with Crippen LogP contribution in [0.4, 0.5) is 4.79 Å². The Kier molecular flexibility index (Phi) is 5.65. The van der Waals surface area contributed by atoms with Crippen LogP contribution in [0.2, 0.25) is 0 Å². The minimum atomic E-state index is -0.444. The summed E-state index contributed by atoms with van der Waals surface area (Å²) in [6.45, 7) is 11.4. The van der Waals surface area contributed by atoms with Crippen LogP contribution in [0.1, 0.15) is 34.6 Å². The molecule has 0 aromatic heterocycles. The number of nitrogens with zero attached hydrogens (tertiary/aromatic N) is 1. The van der Waals surface area contributed by atoms with E-state index in [1.54, 1.807) is 4.90 Å². The van der Waals surface area contributed by atoms with Crippen molar-refractivity contribution < 1.29 is 9.53 Å². The second-order valence-corrected chi connectivity index (χ2v) is 5.11. The second-order valence-electron chi connectivity index (χ2n) is 5.11. The first-order chi connectivity index (χ1) is 6.76. The van der Waals surface area contributed by atoms with E-state index in [-0.39, 0.29) is 6.09 Å². The van der Waals surface area contributed by atoms with Crippen LogP contribution in [0.3, 0.4) is 0 Å². The molecule has 0 aliphatic rings. The van der Waals surface area contributed by atoms with Crippen LogP contribution < -0.4 is 5.73 Å². The van der Waals surface area contributed by atoms with E-state index in [4.69, 9.17) is 10.5 Å². The maximum absolute atomic E-state index is 11.7. The number of carbonyl (C=O) groups is 1. The van der Waals surface area contributed by atoms with Crippen LogP contribution in [-0.2, 0) is 4.74 Å². The van der Waals surface area contributed by atoms with E-state index in [0.717, 1.165) is 0 Å². The molecule has 0 aliphatic heterocycles. The predicted octanol–water partition coefficient (Wildman–Crippen LogP) is 1.84. The predicted molar refractivity (Wildman–Crippen MR) is 61.7 cm³/mol. The van der Waals surface area contributed by atoms with Crippen molar-refractivity contribution in [2.75, 3.05) is 19.6 Å². The van der Waals surface area contributed by atoms with Gasteiger partial charge in [0.2, 0.25) is 0 Å². The SMILES string of the molecule is CC(C)CN(CCN)C(=O)OC(C)(C)C. The third-order valence-electron chi connectivity index (χ3n) is 1.64. The van der Waals surface area contributed by atoms with E-state index < -0.39 is 5.60 Å². The zero-order valence-corrected chi connectivity index (χ0v) is 10.5. The minimum Gasteiger partial charge on any atom is -0.444 e. The molecule has 0 saturated carbocycles. The molecule has 4 heteroatoms. The normalized spacial score (nSPS) is 11.7. The van der Waals surface area contributed by atoms with Crippen molar-refractivity contribution in [3.8, 4) is 0 Å². The average molecular weight is 216 g/mol. The standard InChI is InChI=1S/C11H24N2O2/c1-9(2)8-13(7-6-12)10(14)15-11(3,4)5/h9H,6-8,12H2,1-5H3. The fourth-order valence-electron chi connectivity index (χ4n) is 1.18. The molecule has 15 heavy (non-hydrogen) atoms. The lowest BCUT2D eigenvalue weighted by molar-refractivity contribution is 0.0234. The molecule has 0 saturated heterocycles. The van der Waals surface area contributed by atoms with Crippen molar-refractivity contribution >= 4 is 6.09 Å². The lowest BCUT2D eigenvalue weighted by Crippen LogP contribution is -2.41. The van der Waals surface area contributed by atoms with Crippen molar-refractivity contribution in [3.63, 3.8) is 0 Å². The van der Waals surface area contributed by atoms with Gasteiger partial charge in [-0.05, 0) is 26.7 Å². The van der Waals surface area contributed by atoms with E-state index in [1.165, 1.54) is 0 Å². The van der Waals surface area contributed by atoms with Gasteiger partial charge in [-0.15, -0.1) is 0 Å². The smallest absolute Gasteiger partial charge is 0.410 e. The van der Waals surface area contributed by atoms with Crippen molar-refractivity contribution in [1.82, 2.24) is 4.90 Å². The summed E-state index contributed by atoms with van der Waals surface area (Å²) in [7, 11) is 0. The Labute approximate surface area is 92.8 Å². The number of rotatable bonds is 4. The Morgan fingerprint density at radius 3 is 2.27 bits per heavy atom. The third kappa shape index (κ3) is 7.19. The highest BCUT2D eigenvalue weighted by molar-refractivity contribution is 5.68. The van der Waals surface area contributed by atoms with Crippen molar-refractivity contribution in [2.24, 2.45) is 11.7 Å². The Hall–Kier alpha value is -0.770. The molecular weight excluding hydrogens is 192 g/mol. The summed E-state index contributed by atoms with van der Waals surface area (Å²) in [6.07, 6.45) is -0.276. The van der Waals surface area contributed by atoms with E-state index in [9.17, 15) is 4.79 Å². The third-order valence-corrected chi connectivity index (χ3v) is 1.64. The molecule has 0 atom stereocenters. The van der Waals surface area contributed by atoms with Gasteiger partial charge >= 0.3 is 6.09 Å². The molecule has 1 amide bonds. The Morgan fingerprint density at radius 2 is 1.93 bits per heavy atom. The van der Waals surface area contributed by atoms with Crippen LogP contribution in [0.15, 0.2) is 0 Å². The van der Waals surface area contributed by atoms with Crippen LogP contribution in [-0.4, -0.2) is 36.2 Å². The first-order valence-electron chi connectivity index (χ1n) is 5.44. The van der Waals surface area contributed by atoms with Gasteiger partial charge in [0.15, 0.2) is 0 Å². The fourth-order valence-corrected chi connectivity index (χ4v) is 1.18. The Bertz CT molecular complexity index is 197. The number of carbonyl (C=O) groups excluding carboxylic acids is 1. The van der Waals surface area contributed by atoms with Gasteiger partial charge in [0.25, 0.3) is 0 Å². The first-order valence-corrected chi connectivity index (χ1v) is 5.44. The molecular formula is C11H24N2O2. The van der Waals surface area contributed by atoms with Gasteiger partial charge < -0.3 is 15.4 Å². The molecule has 0 bridgehead atoms. The Balaban J connectivity index is 4.28. The van der Waals surface area contributed by atoms with Gasteiger partial charge in [-0.25, -0.2) is 4.79 Å². The van der Waals surface area contributed by atoms with Gasteiger partial charge in [0.05, 0.1) is 0 Å². The quantitative estimate of drug-likeness (QED) is 0.780. The minimum absolute atomic E-state index is 0.276. The number of hydrogen-bond donors (Lipinski definition) is 1. The molecule has 0 unspecified atom stereocenters. The highest BCUT2D eigenvalue weighted by atomic mass is 16.6. The number of ether oxygens (including phenoxy) is 1. The molecule has 0 heterocycles. The number of amides is 1. The molecule has 0 aliphatic carbocycles. The number of hydrogen-bond acceptors (Lipinski definition) is 3. The molecule has 0 spiro atoms.